The zero-order valence-electron chi connectivity index (χ0n) is 6.85. The zero-order valence-corrected chi connectivity index (χ0v) is 11.6. The lowest BCUT2D eigenvalue weighted by Crippen LogP contribution is -2.12. The van der Waals surface area contributed by atoms with E-state index in [0.717, 1.165) is 19.1 Å². The van der Waals surface area contributed by atoms with E-state index in [1.54, 1.807) is 0 Å². The molecule has 0 spiro atoms. The van der Waals surface area contributed by atoms with Crippen molar-refractivity contribution in [3.63, 3.8) is 0 Å². The highest BCUT2D eigenvalue weighted by Crippen LogP contribution is 2.34. The van der Waals surface area contributed by atoms with Gasteiger partial charge in [-0.3, -0.25) is 4.79 Å². The minimum Gasteiger partial charge on any atom is -0.480 e. The second-order valence-electron chi connectivity index (χ2n) is 2.49. The topological polar surface area (TPSA) is 49.3 Å². The molecule has 76 valence electrons. The molecular formula is C8H6Br3NO2. The van der Waals surface area contributed by atoms with E-state index in [1.807, 2.05) is 12.1 Å². The largest absolute Gasteiger partial charge is 0.480 e. The molecule has 0 unspecified atom stereocenters. The summed E-state index contributed by atoms with van der Waals surface area (Å²) in [5, 5.41) is 11.3. The van der Waals surface area contributed by atoms with Crippen molar-refractivity contribution in [1.82, 2.24) is 0 Å². The number of carboxylic acids is 1. The Labute approximate surface area is 106 Å². The van der Waals surface area contributed by atoms with Gasteiger partial charge in [-0.05, 0) is 44.0 Å². The number of halogens is 3. The Morgan fingerprint density at radius 1 is 1.29 bits per heavy atom. The first-order valence-electron chi connectivity index (χ1n) is 3.61. The summed E-state index contributed by atoms with van der Waals surface area (Å²) in [6, 6.07) is 3.68. The maximum atomic E-state index is 10.4. The molecule has 3 nitrogen and oxygen atoms in total. The molecule has 0 saturated heterocycles. The summed E-state index contributed by atoms with van der Waals surface area (Å²) in [6.45, 7) is -0.112. The van der Waals surface area contributed by atoms with Gasteiger partial charge in [0.1, 0.15) is 6.54 Å². The maximum absolute atomic E-state index is 10.4. The van der Waals surface area contributed by atoms with Crippen LogP contribution in [0, 0.1) is 0 Å². The van der Waals surface area contributed by atoms with Crippen molar-refractivity contribution >= 4 is 59.4 Å². The van der Waals surface area contributed by atoms with Crippen LogP contribution >= 0.6 is 47.8 Å². The molecule has 1 rings (SSSR count). The van der Waals surface area contributed by atoms with Gasteiger partial charge in [0.05, 0.1) is 5.69 Å². The lowest BCUT2D eigenvalue weighted by molar-refractivity contribution is -0.134. The van der Waals surface area contributed by atoms with Crippen LogP contribution in [0.25, 0.3) is 0 Å². The van der Waals surface area contributed by atoms with Gasteiger partial charge < -0.3 is 10.4 Å². The summed E-state index contributed by atoms with van der Waals surface area (Å²) in [5.41, 5.74) is 0.732. The molecule has 0 aliphatic rings. The van der Waals surface area contributed by atoms with Gasteiger partial charge >= 0.3 is 5.97 Å². The fourth-order valence-corrected chi connectivity index (χ4v) is 3.41. The summed E-state index contributed by atoms with van der Waals surface area (Å²) >= 11 is 9.99. The standard InChI is InChI=1S/C8H6Br3NO2/c9-4-1-5(10)8(6(11)2-4)12-3-7(13)14/h1-2,12H,3H2,(H,13,14). The van der Waals surface area contributed by atoms with Crippen molar-refractivity contribution in [1.29, 1.82) is 0 Å². The highest BCUT2D eigenvalue weighted by molar-refractivity contribution is 9.11. The molecule has 6 heteroatoms. The van der Waals surface area contributed by atoms with E-state index in [0.29, 0.717) is 0 Å². The van der Waals surface area contributed by atoms with Gasteiger partial charge in [0.25, 0.3) is 0 Å². The average Bonchev–Trinajstić information content (AvgIpc) is 2.01. The molecule has 0 aliphatic heterocycles. The van der Waals surface area contributed by atoms with E-state index in [2.05, 4.69) is 53.1 Å². The smallest absolute Gasteiger partial charge is 0.322 e. The van der Waals surface area contributed by atoms with Gasteiger partial charge in [-0.15, -0.1) is 0 Å². The van der Waals surface area contributed by atoms with Crippen molar-refractivity contribution in [2.75, 3.05) is 11.9 Å². The molecule has 0 bridgehead atoms. The summed E-state index contributed by atoms with van der Waals surface area (Å²) in [7, 11) is 0. The molecule has 0 aromatic heterocycles. The van der Waals surface area contributed by atoms with E-state index in [4.69, 9.17) is 5.11 Å². The highest BCUT2D eigenvalue weighted by Gasteiger charge is 2.07. The van der Waals surface area contributed by atoms with Crippen LogP contribution in [-0.4, -0.2) is 17.6 Å². The predicted molar refractivity (Wildman–Crippen MR) is 65.7 cm³/mol. The summed E-state index contributed by atoms with van der Waals surface area (Å²) in [5.74, 6) is -0.897. The molecule has 0 heterocycles. The van der Waals surface area contributed by atoms with E-state index in [1.165, 1.54) is 0 Å². The van der Waals surface area contributed by atoms with Gasteiger partial charge in [-0.1, -0.05) is 15.9 Å². The minimum atomic E-state index is -0.897. The molecule has 0 fully saturated rings. The Morgan fingerprint density at radius 2 is 1.79 bits per heavy atom. The van der Waals surface area contributed by atoms with Crippen LogP contribution in [0.2, 0.25) is 0 Å². The number of anilines is 1. The summed E-state index contributed by atoms with van der Waals surface area (Å²) in [6.07, 6.45) is 0. The first-order valence-corrected chi connectivity index (χ1v) is 5.99. The van der Waals surface area contributed by atoms with Gasteiger partial charge in [0.2, 0.25) is 0 Å². The molecule has 2 N–H and O–H groups in total. The second kappa shape index (κ2) is 5.14. The summed E-state index contributed by atoms with van der Waals surface area (Å²) < 4.78 is 2.53. The fraction of sp³-hybridized carbons (Fsp3) is 0.125. The van der Waals surface area contributed by atoms with Crippen molar-refractivity contribution in [2.45, 2.75) is 0 Å². The second-order valence-corrected chi connectivity index (χ2v) is 5.12. The van der Waals surface area contributed by atoms with Crippen LogP contribution < -0.4 is 5.32 Å². The molecular weight excluding hydrogens is 382 g/mol. The third-order valence-corrected chi connectivity index (χ3v) is 3.13. The highest BCUT2D eigenvalue weighted by atomic mass is 79.9. The average molecular weight is 388 g/mol. The lowest BCUT2D eigenvalue weighted by Gasteiger charge is -2.09. The predicted octanol–water partition coefficient (Wildman–Crippen LogP) is 3.47. The first-order chi connectivity index (χ1) is 6.50. The first kappa shape index (κ1) is 12.0. The number of carbonyl (C=O) groups is 1. The van der Waals surface area contributed by atoms with Crippen molar-refractivity contribution in [2.24, 2.45) is 0 Å². The molecule has 0 saturated carbocycles. The van der Waals surface area contributed by atoms with Gasteiger partial charge in [0, 0.05) is 13.4 Å². The normalized spacial score (nSPS) is 9.93. The summed E-state index contributed by atoms with van der Waals surface area (Å²) in [4.78, 5) is 10.4. The third-order valence-electron chi connectivity index (χ3n) is 1.42. The Bertz CT molecular complexity index is 345. The van der Waals surface area contributed by atoms with Crippen molar-refractivity contribution in [3.05, 3.63) is 25.6 Å². The zero-order chi connectivity index (χ0) is 10.7. The molecule has 0 atom stereocenters. The number of rotatable bonds is 3. The Hall–Kier alpha value is -0.0700. The SMILES string of the molecule is O=C(O)CNc1c(Br)cc(Br)cc1Br. The van der Waals surface area contributed by atoms with E-state index in [-0.39, 0.29) is 6.54 Å². The Balaban J connectivity index is 2.91. The maximum Gasteiger partial charge on any atom is 0.322 e. The Morgan fingerprint density at radius 3 is 2.21 bits per heavy atom. The van der Waals surface area contributed by atoms with Gasteiger partial charge in [-0.2, -0.15) is 0 Å². The number of hydrogen-bond acceptors (Lipinski definition) is 2. The molecule has 0 amide bonds. The molecule has 1 aromatic carbocycles. The number of hydrogen-bond donors (Lipinski definition) is 2. The monoisotopic (exact) mass is 385 g/mol. The number of aliphatic carboxylic acids is 1. The van der Waals surface area contributed by atoms with Crippen molar-refractivity contribution < 1.29 is 9.90 Å². The number of nitrogens with one attached hydrogen (secondary N) is 1. The number of carboxylic acid groups (broad SMARTS) is 1. The number of benzene rings is 1. The lowest BCUT2D eigenvalue weighted by atomic mass is 10.3. The van der Waals surface area contributed by atoms with Crippen LogP contribution in [0.1, 0.15) is 0 Å². The van der Waals surface area contributed by atoms with E-state index >= 15 is 0 Å². The van der Waals surface area contributed by atoms with Crippen LogP contribution in [0.3, 0.4) is 0 Å². The van der Waals surface area contributed by atoms with Crippen LogP contribution in [0.4, 0.5) is 5.69 Å². The molecule has 14 heavy (non-hydrogen) atoms. The van der Waals surface area contributed by atoms with E-state index < -0.39 is 5.97 Å². The molecule has 0 aliphatic carbocycles. The van der Waals surface area contributed by atoms with E-state index in [9.17, 15) is 4.79 Å². The van der Waals surface area contributed by atoms with Crippen molar-refractivity contribution in [3.8, 4) is 0 Å². The molecule has 0 radical (unpaired) electrons. The minimum absolute atomic E-state index is 0.112. The van der Waals surface area contributed by atoms with Crippen LogP contribution in [-0.2, 0) is 4.79 Å². The van der Waals surface area contributed by atoms with Gasteiger partial charge in [-0.25, -0.2) is 0 Å². The van der Waals surface area contributed by atoms with Crippen LogP contribution in [0.15, 0.2) is 25.6 Å². The quantitative estimate of drug-likeness (QED) is 0.835. The fourth-order valence-electron chi connectivity index (χ4n) is 0.875. The third kappa shape index (κ3) is 3.25. The van der Waals surface area contributed by atoms with Crippen LogP contribution in [0.5, 0.6) is 0 Å². The van der Waals surface area contributed by atoms with Gasteiger partial charge in [0.15, 0.2) is 0 Å². The molecule has 1 aromatic rings. The Kier molecular flexibility index (Phi) is 4.40.